The van der Waals surface area contributed by atoms with E-state index in [4.69, 9.17) is 11.1 Å². The molecule has 0 unspecified atom stereocenters. The molecule has 1 aliphatic heterocycles. The van der Waals surface area contributed by atoms with Crippen LogP contribution in [0.2, 0.25) is 0 Å². The van der Waals surface area contributed by atoms with Crippen molar-refractivity contribution >= 4 is 16.7 Å². The van der Waals surface area contributed by atoms with Crippen LogP contribution in [0.4, 0.5) is 0 Å². The highest BCUT2D eigenvalue weighted by Gasteiger charge is 2.15. The molecule has 4 N–H and O–H groups in total. The van der Waals surface area contributed by atoms with E-state index in [0.29, 0.717) is 6.04 Å². The molecule has 1 atom stereocenters. The fourth-order valence-electron chi connectivity index (χ4n) is 3.38. The second kappa shape index (κ2) is 5.90. The van der Waals surface area contributed by atoms with E-state index in [2.05, 4.69) is 28.9 Å². The number of aromatic nitrogens is 1. The summed E-state index contributed by atoms with van der Waals surface area (Å²) in [7, 11) is 0. The summed E-state index contributed by atoms with van der Waals surface area (Å²) in [6.07, 6.45) is 4.93. The molecule has 4 nitrogen and oxygen atoms in total. The van der Waals surface area contributed by atoms with Crippen molar-refractivity contribution in [2.45, 2.75) is 45.2 Å². The van der Waals surface area contributed by atoms with E-state index in [9.17, 15) is 0 Å². The number of hydrogen-bond donors (Lipinski definition) is 3. The van der Waals surface area contributed by atoms with Gasteiger partial charge in [-0.1, -0.05) is 12.1 Å². The number of benzene rings is 1. The third-order valence-electron chi connectivity index (χ3n) is 4.53. The third-order valence-corrected chi connectivity index (χ3v) is 4.53. The molecule has 1 aliphatic rings. The zero-order chi connectivity index (χ0) is 14.8. The van der Waals surface area contributed by atoms with Crippen molar-refractivity contribution in [3.8, 4) is 0 Å². The van der Waals surface area contributed by atoms with Gasteiger partial charge in [-0.05, 0) is 56.7 Å². The van der Waals surface area contributed by atoms with Gasteiger partial charge in [0.05, 0.1) is 0 Å². The molecule has 0 saturated carbocycles. The van der Waals surface area contributed by atoms with Gasteiger partial charge in [-0.3, -0.25) is 5.41 Å². The number of nitrogen functional groups attached to an aromatic ring is 1. The zero-order valence-corrected chi connectivity index (χ0v) is 12.7. The molecule has 1 saturated heterocycles. The van der Waals surface area contributed by atoms with Gasteiger partial charge in [0.25, 0.3) is 0 Å². The predicted molar refractivity (Wildman–Crippen MR) is 88.0 cm³/mol. The lowest BCUT2D eigenvalue weighted by molar-refractivity contribution is 0.547. The molecule has 0 radical (unpaired) electrons. The van der Waals surface area contributed by atoms with Crippen LogP contribution < -0.4 is 11.1 Å². The van der Waals surface area contributed by atoms with Gasteiger partial charge in [0.15, 0.2) is 0 Å². The second-order valence-corrected chi connectivity index (χ2v) is 5.90. The molecule has 0 amide bonds. The summed E-state index contributed by atoms with van der Waals surface area (Å²) >= 11 is 0. The summed E-state index contributed by atoms with van der Waals surface area (Å²) in [5, 5.41) is 12.4. The molecule has 2 aromatic rings. The smallest absolute Gasteiger partial charge is 0.122 e. The third kappa shape index (κ3) is 2.81. The van der Waals surface area contributed by atoms with Gasteiger partial charge in [-0.15, -0.1) is 0 Å². The first-order valence-electron chi connectivity index (χ1n) is 7.89. The van der Waals surface area contributed by atoms with E-state index in [1.165, 1.54) is 42.4 Å². The van der Waals surface area contributed by atoms with E-state index in [0.717, 1.165) is 18.5 Å². The average molecular weight is 284 g/mol. The van der Waals surface area contributed by atoms with Gasteiger partial charge in [0.2, 0.25) is 0 Å². The highest BCUT2D eigenvalue weighted by Crippen LogP contribution is 2.23. The first-order valence-corrected chi connectivity index (χ1v) is 7.89. The van der Waals surface area contributed by atoms with E-state index in [-0.39, 0.29) is 5.84 Å². The second-order valence-electron chi connectivity index (χ2n) is 5.90. The lowest BCUT2D eigenvalue weighted by atomic mass is 10.1. The molecule has 3 rings (SSSR count). The summed E-state index contributed by atoms with van der Waals surface area (Å²) in [6.45, 7) is 4.30. The Labute approximate surface area is 125 Å². The van der Waals surface area contributed by atoms with E-state index >= 15 is 0 Å². The monoisotopic (exact) mass is 284 g/mol. The summed E-state index contributed by atoms with van der Waals surface area (Å²) < 4.78 is 2.36. The summed E-state index contributed by atoms with van der Waals surface area (Å²) in [6, 6.07) is 9.03. The minimum atomic E-state index is 0.137. The van der Waals surface area contributed by atoms with Crippen molar-refractivity contribution in [3.05, 3.63) is 35.5 Å². The Bertz CT molecular complexity index is 650. The normalized spacial score (nSPS) is 18.4. The number of fused-ring (bicyclic) bond motifs is 1. The van der Waals surface area contributed by atoms with Gasteiger partial charge < -0.3 is 15.6 Å². The number of nitrogens with two attached hydrogens (primary N) is 1. The van der Waals surface area contributed by atoms with Gasteiger partial charge >= 0.3 is 0 Å². The molecule has 0 spiro atoms. The van der Waals surface area contributed by atoms with Crippen LogP contribution in [0.1, 0.15) is 37.4 Å². The maximum Gasteiger partial charge on any atom is 0.122 e. The Hall–Kier alpha value is -1.81. The fraction of sp³-hybridized carbons (Fsp3) is 0.471. The highest BCUT2D eigenvalue weighted by atomic mass is 15.0. The SMILES string of the molecule is CCn1c(CC[C@@H]2CCCN2)cc2ccc(C(=N)N)cc21. The van der Waals surface area contributed by atoms with Crippen LogP contribution in [0, 0.1) is 5.41 Å². The van der Waals surface area contributed by atoms with Crippen molar-refractivity contribution in [1.29, 1.82) is 5.41 Å². The lowest BCUT2D eigenvalue weighted by Crippen LogP contribution is -2.22. The van der Waals surface area contributed by atoms with Gasteiger partial charge in [0.1, 0.15) is 5.84 Å². The molecule has 21 heavy (non-hydrogen) atoms. The Morgan fingerprint density at radius 1 is 1.43 bits per heavy atom. The number of nitrogens with zero attached hydrogens (tertiary/aromatic N) is 1. The van der Waals surface area contributed by atoms with Crippen LogP contribution in [-0.2, 0) is 13.0 Å². The van der Waals surface area contributed by atoms with Crippen LogP contribution >= 0.6 is 0 Å². The predicted octanol–water partition coefficient (Wildman–Crippen LogP) is 2.63. The van der Waals surface area contributed by atoms with E-state index in [1.807, 2.05) is 12.1 Å². The Morgan fingerprint density at radius 2 is 2.29 bits per heavy atom. The number of aryl methyl sites for hydroxylation is 2. The van der Waals surface area contributed by atoms with Crippen LogP contribution in [0.25, 0.3) is 10.9 Å². The Kier molecular flexibility index (Phi) is 3.97. The van der Waals surface area contributed by atoms with Crippen molar-refractivity contribution < 1.29 is 0 Å². The van der Waals surface area contributed by atoms with Gasteiger partial charge in [-0.2, -0.15) is 0 Å². The number of amidine groups is 1. The van der Waals surface area contributed by atoms with Crippen LogP contribution in [0.3, 0.4) is 0 Å². The van der Waals surface area contributed by atoms with Gasteiger partial charge in [-0.25, -0.2) is 0 Å². The average Bonchev–Trinajstić information content (AvgIpc) is 3.11. The highest BCUT2D eigenvalue weighted by molar-refractivity contribution is 5.98. The van der Waals surface area contributed by atoms with Crippen LogP contribution in [-0.4, -0.2) is 23.0 Å². The zero-order valence-electron chi connectivity index (χ0n) is 12.7. The Balaban J connectivity index is 1.88. The number of nitrogens with one attached hydrogen (secondary N) is 2. The number of rotatable bonds is 5. The van der Waals surface area contributed by atoms with Crippen molar-refractivity contribution in [3.63, 3.8) is 0 Å². The molecule has 1 fully saturated rings. The minimum Gasteiger partial charge on any atom is -0.384 e. The molecule has 0 aliphatic carbocycles. The topological polar surface area (TPSA) is 66.8 Å². The van der Waals surface area contributed by atoms with Crippen LogP contribution in [0.5, 0.6) is 0 Å². The summed E-state index contributed by atoms with van der Waals surface area (Å²) in [4.78, 5) is 0. The molecule has 112 valence electrons. The van der Waals surface area contributed by atoms with Crippen molar-refractivity contribution in [2.75, 3.05) is 6.54 Å². The lowest BCUT2D eigenvalue weighted by Gasteiger charge is -2.12. The standard InChI is InChI=1S/C17H24N4/c1-2-21-15(8-7-14-4-3-9-20-14)10-12-5-6-13(17(18)19)11-16(12)21/h5-6,10-11,14,20H,2-4,7-9H2,1H3,(H3,18,19)/t14-/m0/s1. The summed E-state index contributed by atoms with van der Waals surface area (Å²) in [5.74, 6) is 0.137. The maximum absolute atomic E-state index is 7.60. The molecule has 1 aromatic carbocycles. The maximum atomic E-state index is 7.60. The summed E-state index contributed by atoms with van der Waals surface area (Å²) in [5.41, 5.74) is 9.00. The number of hydrogen-bond acceptors (Lipinski definition) is 2. The minimum absolute atomic E-state index is 0.137. The first-order chi connectivity index (χ1) is 10.2. The fourth-order valence-corrected chi connectivity index (χ4v) is 3.38. The van der Waals surface area contributed by atoms with E-state index in [1.54, 1.807) is 0 Å². The quantitative estimate of drug-likeness (QED) is 0.583. The van der Waals surface area contributed by atoms with Gasteiger partial charge in [0, 0.05) is 29.4 Å². The van der Waals surface area contributed by atoms with Crippen molar-refractivity contribution in [1.82, 2.24) is 9.88 Å². The Morgan fingerprint density at radius 3 is 2.95 bits per heavy atom. The van der Waals surface area contributed by atoms with E-state index < -0.39 is 0 Å². The molecular formula is C17H24N4. The molecule has 4 heteroatoms. The first kappa shape index (κ1) is 14.1. The van der Waals surface area contributed by atoms with Crippen LogP contribution in [0.15, 0.2) is 24.3 Å². The molecule has 0 bridgehead atoms. The molecule has 2 heterocycles. The van der Waals surface area contributed by atoms with Crippen molar-refractivity contribution in [2.24, 2.45) is 5.73 Å². The largest absolute Gasteiger partial charge is 0.384 e. The molecule has 1 aromatic heterocycles. The molecular weight excluding hydrogens is 260 g/mol.